The minimum absolute atomic E-state index is 0.123. The van der Waals surface area contributed by atoms with E-state index in [2.05, 4.69) is 0 Å². The number of aryl methyl sites for hydroxylation is 1. The van der Waals surface area contributed by atoms with Gasteiger partial charge in [0.15, 0.2) is 0 Å². The van der Waals surface area contributed by atoms with Crippen LogP contribution in [0.2, 0.25) is 0 Å². The smallest absolute Gasteiger partial charge is 0.295 e. The molecule has 28 heavy (non-hydrogen) atoms. The van der Waals surface area contributed by atoms with Crippen molar-refractivity contribution in [3.63, 3.8) is 0 Å². The monoisotopic (exact) mass is 378 g/mol. The molecule has 0 saturated carbocycles. The Morgan fingerprint density at radius 3 is 2.29 bits per heavy atom. The van der Waals surface area contributed by atoms with Gasteiger partial charge in [-0.3, -0.25) is 9.59 Å². The van der Waals surface area contributed by atoms with Crippen LogP contribution in [0.3, 0.4) is 0 Å². The Morgan fingerprint density at radius 2 is 1.68 bits per heavy atom. The molecule has 146 valence electrons. The molecule has 1 unspecified atom stereocenters. The molecule has 1 heterocycles. The lowest BCUT2D eigenvalue weighted by Crippen LogP contribution is -2.32. The molecule has 1 atom stereocenters. The average Bonchev–Trinajstić information content (AvgIpc) is 2.93. The van der Waals surface area contributed by atoms with Crippen LogP contribution in [0.4, 0.5) is 0 Å². The van der Waals surface area contributed by atoms with Crippen LogP contribution in [0.5, 0.6) is 0 Å². The molecular weight excluding hydrogens is 352 g/mol. The van der Waals surface area contributed by atoms with Crippen LogP contribution in [0.1, 0.15) is 29.2 Å². The lowest BCUT2D eigenvalue weighted by atomic mass is 9.95. The Kier molecular flexibility index (Phi) is 5.95. The normalized spacial score (nSPS) is 18.9. The van der Waals surface area contributed by atoms with Crippen LogP contribution in [0, 0.1) is 6.92 Å². The summed E-state index contributed by atoms with van der Waals surface area (Å²) in [7, 11) is 3.94. The number of nitrogens with zero attached hydrogens (tertiary/aromatic N) is 2. The van der Waals surface area contributed by atoms with Crippen LogP contribution in [0.15, 0.2) is 60.2 Å². The molecule has 5 nitrogen and oxygen atoms in total. The number of benzene rings is 2. The summed E-state index contributed by atoms with van der Waals surface area (Å²) in [6.45, 7) is 3.22. The molecule has 0 radical (unpaired) electrons. The zero-order valence-corrected chi connectivity index (χ0v) is 16.6. The highest BCUT2D eigenvalue weighted by molar-refractivity contribution is 6.46. The lowest BCUT2D eigenvalue weighted by Gasteiger charge is -2.26. The van der Waals surface area contributed by atoms with Crippen molar-refractivity contribution in [3.8, 4) is 0 Å². The van der Waals surface area contributed by atoms with Crippen molar-refractivity contribution in [1.82, 2.24) is 9.80 Å². The van der Waals surface area contributed by atoms with Gasteiger partial charge in [0.25, 0.3) is 11.7 Å². The first-order valence-electron chi connectivity index (χ1n) is 9.45. The number of ketones is 1. The van der Waals surface area contributed by atoms with Crippen molar-refractivity contribution in [2.24, 2.45) is 0 Å². The highest BCUT2D eigenvalue weighted by Gasteiger charge is 2.45. The molecule has 3 rings (SSSR count). The van der Waals surface area contributed by atoms with Crippen molar-refractivity contribution < 1.29 is 14.7 Å². The second-order valence-electron chi connectivity index (χ2n) is 7.43. The van der Waals surface area contributed by atoms with Gasteiger partial charge in [0.05, 0.1) is 11.6 Å². The highest BCUT2D eigenvalue weighted by atomic mass is 16.3. The van der Waals surface area contributed by atoms with Gasteiger partial charge in [-0.1, -0.05) is 60.2 Å². The first-order chi connectivity index (χ1) is 13.4. The number of hydrogen-bond acceptors (Lipinski definition) is 4. The first kappa shape index (κ1) is 19.8. The molecule has 5 heteroatoms. The summed E-state index contributed by atoms with van der Waals surface area (Å²) in [4.78, 5) is 29.3. The first-order valence-corrected chi connectivity index (χ1v) is 9.45. The molecule has 1 amide bonds. The Labute approximate surface area is 165 Å². The van der Waals surface area contributed by atoms with Crippen molar-refractivity contribution in [3.05, 3.63) is 76.9 Å². The SMILES string of the molecule is Cc1ccc(/C(O)=C2/C(=O)C(=O)N(CCCN(C)C)C2c2ccccc2)cc1. The summed E-state index contributed by atoms with van der Waals surface area (Å²) in [5.41, 5.74) is 2.57. The van der Waals surface area contributed by atoms with E-state index < -0.39 is 17.7 Å². The number of likely N-dealkylation sites (tertiary alicyclic amines) is 1. The topological polar surface area (TPSA) is 60.9 Å². The Morgan fingerprint density at radius 1 is 1.04 bits per heavy atom. The molecule has 1 fully saturated rings. The fourth-order valence-electron chi connectivity index (χ4n) is 3.52. The molecule has 1 aliphatic heterocycles. The standard InChI is InChI=1S/C23H26N2O3/c1-16-10-12-18(13-11-16)21(26)19-20(17-8-5-4-6-9-17)25(23(28)22(19)27)15-7-14-24(2)3/h4-6,8-13,20,26H,7,14-15H2,1-3H3/b21-19-. The van der Waals surface area contributed by atoms with E-state index in [4.69, 9.17) is 0 Å². The Bertz CT molecular complexity index is 886. The third-order valence-electron chi connectivity index (χ3n) is 4.98. The van der Waals surface area contributed by atoms with E-state index in [1.807, 2.05) is 68.4 Å². The molecular formula is C23H26N2O3. The van der Waals surface area contributed by atoms with Crippen LogP contribution >= 0.6 is 0 Å². The molecule has 1 aliphatic rings. The van der Waals surface area contributed by atoms with E-state index in [1.54, 1.807) is 17.0 Å². The van der Waals surface area contributed by atoms with E-state index in [9.17, 15) is 14.7 Å². The molecule has 1 saturated heterocycles. The number of rotatable bonds is 6. The van der Waals surface area contributed by atoms with Gasteiger partial charge >= 0.3 is 0 Å². The third-order valence-corrected chi connectivity index (χ3v) is 4.98. The number of carbonyl (C=O) groups excluding carboxylic acids is 2. The van der Waals surface area contributed by atoms with E-state index in [0.29, 0.717) is 12.1 Å². The lowest BCUT2D eigenvalue weighted by molar-refractivity contribution is -0.139. The van der Waals surface area contributed by atoms with Gasteiger partial charge in [-0.05, 0) is 39.5 Å². The van der Waals surface area contributed by atoms with Crippen molar-refractivity contribution in [2.45, 2.75) is 19.4 Å². The fraction of sp³-hybridized carbons (Fsp3) is 0.304. The number of aliphatic hydroxyl groups excluding tert-OH is 1. The molecule has 1 N–H and O–H groups in total. The molecule has 0 aromatic heterocycles. The van der Waals surface area contributed by atoms with E-state index in [1.165, 1.54) is 0 Å². The van der Waals surface area contributed by atoms with Gasteiger partial charge in [-0.15, -0.1) is 0 Å². The van der Waals surface area contributed by atoms with Gasteiger partial charge < -0.3 is 14.9 Å². The zero-order valence-electron chi connectivity index (χ0n) is 16.6. The predicted octanol–water partition coefficient (Wildman–Crippen LogP) is 3.37. The minimum Gasteiger partial charge on any atom is -0.507 e. The van der Waals surface area contributed by atoms with Gasteiger partial charge in [0.1, 0.15) is 5.76 Å². The molecule has 2 aromatic carbocycles. The number of amides is 1. The maximum Gasteiger partial charge on any atom is 0.295 e. The second kappa shape index (κ2) is 8.40. The summed E-state index contributed by atoms with van der Waals surface area (Å²) in [6.07, 6.45) is 0.744. The zero-order chi connectivity index (χ0) is 20.3. The Balaban J connectivity index is 2.06. The van der Waals surface area contributed by atoms with Gasteiger partial charge in [-0.2, -0.15) is 0 Å². The largest absolute Gasteiger partial charge is 0.507 e. The summed E-state index contributed by atoms with van der Waals surface area (Å²) >= 11 is 0. The number of aliphatic hydroxyl groups is 1. The predicted molar refractivity (Wildman–Crippen MR) is 110 cm³/mol. The third kappa shape index (κ3) is 3.99. The quantitative estimate of drug-likeness (QED) is 0.476. The summed E-state index contributed by atoms with van der Waals surface area (Å²) < 4.78 is 0. The fourth-order valence-corrected chi connectivity index (χ4v) is 3.52. The summed E-state index contributed by atoms with van der Waals surface area (Å²) in [6, 6.07) is 16.1. The summed E-state index contributed by atoms with van der Waals surface area (Å²) in [5.74, 6) is -1.31. The second-order valence-corrected chi connectivity index (χ2v) is 7.43. The number of Topliss-reactive ketones (excluding diaryl/α,β-unsaturated/α-hetero) is 1. The van der Waals surface area contributed by atoms with Crippen LogP contribution in [0.25, 0.3) is 5.76 Å². The molecule has 0 spiro atoms. The highest BCUT2D eigenvalue weighted by Crippen LogP contribution is 2.39. The average molecular weight is 378 g/mol. The number of carbonyl (C=O) groups is 2. The van der Waals surface area contributed by atoms with Crippen molar-refractivity contribution in [1.29, 1.82) is 0 Å². The maximum atomic E-state index is 12.9. The minimum atomic E-state index is -0.628. The molecule has 0 bridgehead atoms. The maximum absolute atomic E-state index is 12.9. The van der Waals surface area contributed by atoms with Crippen LogP contribution in [-0.2, 0) is 9.59 Å². The van der Waals surface area contributed by atoms with E-state index >= 15 is 0 Å². The van der Waals surface area contributed by atoms with Crippen LogP contribution < -0.4 is 0 Å². The molecule has 2 aromatic rings. The molecule has 0 aliphatic carbocycles. The van der Waals surface area contributed by atoms with E-state index in [-0.39, 0.29) is 11.3 Å². The van der Waals surface area contributed by atoms with E-state index in [0.717, 1.165) is 24.1 Å². The summed E-state index contributed by atoms with van der Waals surface area (Å²) in [5, 5.41) is 10.9. The number of hydrogen-bond donors (Lipinski definition) is 1. The van der Waals surface area contributed by atoms with Crippen molar-refractivity contribution >= 4 is 17.4 Å². The Hall–Kier alpha value is -2.92. The van der Waals surface area contributed by atoms with Crippen LogP contribution in [-0.4, -0.2) is 53.8 Å². The van der Waals surface area contributed by atoms with Gasteiger partial charge in [-0.25, -0.2) is 0 Å². The van der Waals surface area contributed by atoms with Gasteiger partial charge in [0.2, 0.25) is 0 Å². The van der Waals surface area contributed by atoms with Crippen molar-refractivity contribution in [2.75, 3.05) is 27.2 Å². The van der Waals surface area contributed by atoms with Gasteiger partial charge in [0, 0.05) is 12.1 Å².